The third-order valence-electron chi connectivity index (χ3n) is 3.20. The number of carboxylic acid groups (broad SMARTS) is 1. The Bertz CT molecular complexity index is 552. The Balaban J connectivity index is 1.89. The van der Waals surface area contributed by atoms with E-state index in [1.807, 2.05) is 36.4 Å². The molecule has 1 atom stereocenters. The van der Waals surface area contributed by atoms with Gasteiger partial charge in [-0.15, -0.1) is 0 Å². The number of rotatable bonds is 6. The third kappa shape index (κ3) is 4.17. The van der Waals surface area contributed by atoms with Crippen molar-refractivity contribution >= 4 is 5.97 Å². The molecule has 1 heterocycles. The zero-order valence-electron chi connectivity index (χ0n) is 11.4. The van der Waals surface area contributed by atoms with E-state index in [0.29, 0.717) is 0 Å². The average Bonchev–Trinajstić information content (AvgIpc) is 2.46. The van der Waals surface area contributed by atoms with Gasteiger partial charge in [0.25, 0.3) is 0 Å². The highest BCUT2D eigenvalue weighted by Crippen LogP contribution is 2.12. The number of carboxylic acids is 1. The van der Waals surface area contributed by atoms with Gasteiger partial charge in [-0.3, -0.25) is 9.78 Å². The Morgan fingerprint density at radius 3 is 2.35 bits per heavy atom. The van der Waals surface area contributed by atoms with Gasteiger partial charge in [-0.1, -0.05) is 24.3 Å². The van der Waals surface area contributed by atoms with E-state index >= 15 is 0 Å². The molecule has 0 aliphatic rings. The summed E-state index contributed by atoms with van der Waals surface area (Å²) in [6.07, 6.45) is 3.64. The van der Waals surface area contributed by atoms with E-state index in [9.17, 15) is 4.79 Å². The molecule has 0 saturated carbocycles. The van der Waals surface area contributed by atoms with Crippen molar-refractivity contribution in [2.24, 2.45) is 0 Å². The summed E-state index contributed by atoms with van der Waals surface area (Å²) in [5, 5.41) is 12.2. The molecule has 20 heavy (non-hydrogen) atoms. The van der Waals surface area contributed by atoms with Gasteiger partial charge in [-0.25, -0.2) is 0 Å². The number of nitrogens with one attached hydrogen (secondary N) is 1. The zero-order valence-corrected chi connectivity index (χ0v) is 11.4. The summed E-state index contributed by atoms with van der Waals surface area (Å²) >= 11 is 0. The van der Waals surface area contributed by atoms with E-state index in [2.05, 4.69) is 17.2 Å². The van der Waals surface area contributed by atoms with Crippen LogP contribution in [-0.2, 0) is 17.8 Å². The Morgan fingerprint density at radius 1 is 1.15 bits per heavy atom. The maximum absolute atomic E-state index is 10.6. The highest BCUT2D eigenvalue weighted by Gasteiger charge is 2.04. The molecular formula is C16H18N2O2. The van der Waals surface area contributed by atoms with Crippen LogP contribution in [0.4, 0.5) is 0 Å². The Labute approximate surface area is 118 Å². The van der Waals surface area contributed by atoms with Crippen molar-refractivity contribution in [3.63, 3.8) is 0 Å². The lowest BCUT2D eigenvalue weighted by molar-refractivity contribution is -0.136. The zero-order chi connectivity index (χ0) is 14.4. The molecule has 0 unspecified atom stereocenters. The summed E-state index contributed by atoms with van der Waals surface area (Å²) in [5.74, 6) is -0.804. The van der Waals surface area contributed by atoms with Crippen molar-refractivity contribution in [2.75, 3.05) is 0 Å². The van der Waals surface area contributed by atoms with Gasteiger partial charge in [-0.2, -0.15) is 0 Å². The minimum atomic E-state index is -0.804. The molecule has 2 rings (SSSR count). The average molecular weight is 270 g/mol. The van der Waals surface area contributed by atoms with Gasteiger partial charge in [-0.05, 0) is 35.7 Å². The minimum absolute atomic E-state index is 0.0706. The van der Waals surface area contributed by atoms with Crippen LogP contribution in [0.15, 0.2) is 48.8 Å². The summed E-state index contributed by atoms with van der Waals surface area (Å²) < 4.78 is 0. The molecule has 0 radical (unpaired) electrons. The van der Waals surface area contributed by atoms with Gasteiger partial charge in [0.2, 0.25) is 0 Å². The second kappa shape index (κ2) is 6.82. The molecule has 0 fully saturated rings. The molecule has 0 bridgehead atoms. The fraction of sp³-hybridized carbons (Fsp3) is 0.250. The molecule has 0 amide bonds. The highest BCUT2D eigenvalue weighted by molar-refractivity contribution is 5.70. The minimum Gasteiger partial charge on any atom is -0.481 e. The number of nitrogens with zero attached hydrogens (tertiary/aromatic N) is 1. The first-order valence-electron chi connectivity index (χ1n) is 6.58. The lowest BCUT2D eigenvalue weighted by Crippen LogP contribution is -2.18. The van der Waals surface area contributed by atoms with Crippen molar-refractivity contribution < 1.29 is 9.90 Å². The lowest BCUT2D eigenvalue weighted by Gasteiger charge is -2.14. The molecule has 1 aromatic heterocycles. The van der Waals surface area contributed by atoms with Crippen LogP contribution >= 0.6 is 0 Å². The number of aromatic nitrogens is 1. The summed E-state index contributed by atoms with van der Waals surface area (Å²) in [6, 6.07) is 11.9. The highest BCUT2D eigenvalue weighted by atomic mass is 16.4. The van der Waals surface area contributed by atoms with Crippen LogP contribution in [0.25, 0.3) is 0 Å². The predicted molar refractivity (Wildman–Crippen MR) is 77.3 cm³/mol. The molecule has 1 aromatic carbocycles. The standard InChI is InChI=1S/C16H18N2O2/c1-12(15-6-8-17-9-7-15)18-11-14-4-2-13(3-5-14)10-16(19)20/h2-9,12,18H,10-11H2,1H3,(H,19,20)/t12-/m1/s1. The predicted octanol–water partition coefficient (Wildman–Crippen LogP) is 2.56. The van der Waals surface area contributed by atoms with E-state index in [0.717, 1.165) is 17.7 Å². The number of pyridine rings is 1. The van der Waals surface area contributed by atoms with Crippen LogP contribution < -0.4 is 5.32 Å². The van der Waals surface area contributed by atoms with Crippen molar-refractivity contribution in [3.8, 4) is 0 Å². The van der Waals surface area contributed by atoms with Gasteiger partial charge in [0.15, 0.2) is 0 Å². The van der Waals surface area contributed by atoms with Crippen molar-refractivity contribution in [1.29, 1.82) is 0 Å². The molecule has 0 aliphatic heterocycles. The number of hydrogen-bond acceptors (Lipinski definition) is 3. The molecule has 4 heteroatoms. The number of hydrogen-bond donors (Lipinski definition) is 2. The maximum Gasteiger partial charge on any atom is 0.307 e. The maximum atomic E-state index is 10.6. The Hall–Kier alpha value is -2.20. The molecule has 4 nitrogen and oxygen atoms in total. The van der Waals surface area contributed by atoms with Crippen LogP contribution in [0, 0.1) is 0 Å². The van der Waals surface area contributed by atoms with Crippen LogP contribution in [0.5, 0.6) is 0 Å². The summed E-state index contributed by atoms with van der Waals surface area (Å²) in [5.41, 5.74) is 3.16. The fourth-order valence-corrected chi connectivity index (χ4v) is 1.99. The molecule has 0 saturated heterocycles. The van der Waals surface area contributed by atoms with E-state index in [4.69, 9.17) is 5.11 Å². The van der Waals surface area contributed by atoms with E-state index in [1.165, 1.54) is 5.56 Å². The summed E-state index contributed by atoms with van der Waals surface area (Å²) in [4.78, 5) is 14.6. The summed E-state index contributed by atoms with van der Waals surface area (Å²) in [6.45, 7) is 2.85. The molecule has 2 N–H and O–H groups in total. The van der Waals surface area contributed by atoms with E-state index < -0.39 is 5.97 Å². The largest absolute Gasteiger partial charge is 0.481 e. The van der Waals surface area contributed by atoms with Crippen molar-refractivity contribution in [3.05, 3.63) is 65.5 Å². The smallest absolute Gasteiger partial charge is 0.307 e. The Kier molecular flexibility index (Phi) is 4.85. The normalized spacial score (nSPS) is 12.1. The van der Waals surface area contributed by atoms with Gasteiger partial charge >= 0.3 is 5.97 Å². The molecule has 0 aliphatic carbocycles. The second-order valence-electron chi connectivity index (χ2n) is 4.77. The van der Waals surface area contributed by atoms with Gasteiger partial charge in [0.05, 0.1) is 6.42 Å². The van der Waals surface area contributed by atoms with Crippen LogP contribution in [-0.4, -0.2) is 16.1 Å². The topological polar surface area (TPSA) is 62.2 Å². The fourth-order valence-electron chi connectivity index (χ4n) is 1.99. The number of carbonyl (C=O) groups is 1. The number of aliphatic carboxylic acids is 1. The van der Waals surface area contributed by atoms with E-state index in [-0.39, 0.29) is 12.5 Å². The second-order valence-corrected chi connectivity index (χ2v) is 4.77. The first kappa shape index (κ1) is 14.2. The summed E-state index contributed by atoms with van der Waals surface area (Å²) in [7, 11) is 0. The monoisotopic (exact) mass is 270 g/mol. The van der Waals surface area contributed by atoms with Crippen molar-refractivity contribution in [1.82, 2.24) is 10.3 Å². The van der Waals surface area contributed by atoms with Crippen molar-refractivity contribution in [2.45, 2.75) is 25.9 Å². The SMILES string of the molecule is C[C@@H](NCc1ccc(CC(=O)O)cc1)c1ccncc1. The van der Waals surface area contributed by atoms with Crippen LogP contribution in [0.2, 0.25) is 0 Å². The van der Waals surface area contributed by atoms with Crippen LogP contribution in [0.1, 0.15) is 29.7 Å². The van der Waals surface area contributed by atoms with Crippen LogP contribution in [0.3, 0.4) is 0 Å². The molecule has 104 valence electrons. The molecule has 0 spiro atoms. The quantitative estimate of drug-likeness (QED) is 0.847. The van der Waals surface area contributed by atoms with Gasteiger partial charge in [0.1, 0.15) is 0 Å². The third-order valence-corrected chi connectivity index (χ3v) is 3.20. The molecule has 2 aromatic rings. The Morgan fingerprint density at radius 2 is 1.75 bits per heavy atom. The molecular weight excluding hydrogens is 252 g/mol. The first-order chi connectivity index (χ1) is 9.65. The lowest BCUT2D eigenvalue weighted by atomic mass is 10.1. The van der Waals surface area contributed by atoms with Gasteiger partial charge < -0.3 is 10.4 Å². The number of benzene rings is 1. The van der Waals surface area contributed by atoms with Gasteiger partial charge in [0, 0.05) is 25.0 Å². The first-order valence-corrected chi connectivity index (χ1v) is 6.58. The van der Waals surface area contributed by atoms with E-state index in [1.54, 1.807) is 12.4 Å².